The summed E-state index contributed by atoms with van der Waals surface area (Å²) in [5.74, 6) is 3.67. The molecule has 23 heavy (non-hydrogen) atoms. The molecule has 1 fully saturated rings. The molecule has 3 nitrogen and oxygen atoms in total. The predicted molar refractivity (Wildman–Crippen MR) is 102 cm³/mol. The van der Waals surface area contributed by atoms with Gasteiger partial charge in [0, 0.05) is 25.5 Å². The first-order valence-electron chi connectivity index (χ1n) is 8.17. The fourth-order valence-electron chi connectivity index (χ4n) is 2.85. The topological polar surface area (TPSA) is 19.4 Å². The highest BCUT2D eigenvalue weighted by Crippen LogP contribution is 2.41. The van der Waals surface area contributed by atoms with Crippen LogP contribution >= 0.6 is 11.9 Å². The number of aryl methyl sites for hydroxylation is 1. The molecular weight excluding hydrogens is 302 g/mol. The molecule has 122 valence electrons. The van der Waals surface area contributed by atoms with Gasteiger partial charge in [-0.3, -0.25) is 0 Å². The van der Waals surface area contributed by atoms with Crippen molar-refractivity contribution < 1.29 is 0 Å². The van der Waals surface area contributed by atoms with Crippen molar-refractivity contribution >= 4 is 29.3 Å². The van der Waals surface area contributed by atoms with E-state index in [0.29, 0.717) is 0 Å². The number of rotatable bonds is 6. The zero-order valence-corrected chi connectivity index (χ0v) is 15.2. The number of benzene rings is 1. The smallest absolute Gasteiger partial charge is 0.140 e. The summed E-state index contributed by atoms with van der Waals surface area (Å²) in [4.78, 5) is 7.29. The van der Waals surface area contributed by atoms with Gasteiger partial charge in [-0.05, 0) is 55.0 Å². The monoisotopic (exact) mass is 327 g/mol. The van der Waals surface area contributed by atoms with Crippen LogP contribution in [0.5, 0.6) is 0 Å². The third-order valence-electron chi connectivity index (χ3n) is 4.58. The van der Waals surface area contributed by atoms with Crippen LogP contribution in [0.1, 0.15) is 18.9 Å². The van der Waals surface area contributed by atoms with Crippen LogP contribution in [0.4, 0.5) is 17.3 Å². The van der Waals surface area contributed by atoms with E-state index < -0.39 is 0 Å². The lowest BCUT2D eigenvalue weighted by Crippen LogP contribution is -2.22. The third kappa shape index (κ3) is 3.81. The number of para-hydroxylation sites is 1. The van der Waals surface area contributed by atoms with Crippen LogP contribution in [0.2, 0.25) is 0 Å². The van der Waals surface area contributed by atoms with Crippen molar-refractivity contribution in [3.05, 3.63) is 48.0 Å². The molecule has 4 heteroatoms. The van der Waals surface area contributed by atoms with Crippen LogP contribution < -0.4 is 9.21 Å². The molecule has 0 amide bonds. The maximum atomic E-state index is 4.92. The minimum atomic E-state index is 0.777. The fourth-order valence-corrected chi connectivity index (χ4v) is 3.13. The van der Waals surface area contributed by atoms with E-state index in [-0.39, 0.29) is 0 Å². The second-order valence-electron chi connectivity index (χ2n) is 6.46. The number of nitrogens with zero attached hydrogens (tertiary/aromatic N) is 3. The zero-order chi connectivity index (χ0) is 16.4. The Morgan fingerprint density at radius 2 is 1.83 bits per heavy atom. The van der Waals surface area contributed by atoms with E-state index in [2.05, 4.69) is 78.8 Å². The molecular formula is C19H25N3S. The van der Waals surface area contributed by atoms with Gasteiger partial charge in [-0.15, -0.1) is 0 Å². The molecule has 0 aliphatic heterocycles. The van der Waals surface area contributed by atoms with E-state index >= 15 is 0 Å². The summed E-state index contributed by atoms with van der Waals surface area (Å²) in [7, 11) is 2.06. The maximum Gasteiger partial charge on any atom is 0.140 e. The lowest BCUT2D eigenvalue weighted by Gasteiger charge is -2.26. The molecule has 0 bridgehead atoms. The Kier molecular flexibility index (Phi) is 4.81. The molecule has 0 saturated heterocycles. The molecule has 1 heterocycles. The lowest BCUT2D eigenvalue weighted by molar-refractivity contribution is 0.737. The van der Waals surface area contributed by atoms with Crippen LogP contribution in [-0.2, 0) is 0 Å². The van der Waals surface area contributed by atoms with Crippen LogP contribution in [0.3, 0.4) is 0 Å². The number of anilines is 3. The summed E-state index contributed by atoms with van der Waals surface area (Å²) in [5, 5.41) is 0. The van der Waals surface area contributed by atoms with Crippen LogP contribution in [0, 0.1) is 18.8 Å². The van der Waals surface area contributed by atoms with Gasteiger partial charge in [0.1, 0.15) is 11.6 Å². The summed E-state index contributed by atoms with van der Waals surface area (Å²) in [5.41, 5.74) is 2.47. The van der Waals surface area contributed by atoms with Crippen LogP contribution in [0.25, 0.3) is 0 Å². The van der Waals surface area contributed by atoms with Gasteiger partial charge in [0.05, 0.1) is 0 Å². The number of pyridine rings is 1. The Morgan fingerprint density at radius 3 is 2.43 bits per heavy atom. The van der Waals surface area contributed by atoms with Crippen molar-refractivity contribution in [2.24, 2.45) is 11.8 Å². The summed E-state index contributed by atoms with van der Waals surface area (Å²) >= 11 is 1.68. The molecule has 1 aliphatic rings. The Labute approximate surface area is 143 Å². The Morgan fingerprint density at radius 1 is 1.17 bits per heavy atom. The summed E-state index contributed by atoms with van der Waals surface area (Å²) in [6.45, 7) is 5.53. The Balaban J connectivity index is 1.97. The highest BCUT2D eigenvalue weighted by atomic mass is 32.2. The van der Waals surface area contributed by atoms with Crippen molar-refractivity contribution in [1.82, 2.24) is 4.98 Å². The van der Waals surface area contributed by atoms with Crippen molar-refractivity contribution in [3.63, 3.8) is 0 Å². The fraction of sp³-hybridized carbons (Fsp3) is 0.421. The van der Waals surface area contributed by atoms with Gasteiger partial charge in [0.2, 0.25) is 0 Å². The molecule has 3 rings (SSSR count). The van der Waals surface area contributed by atoms with Gasteiger partial charge in [-0.1, -0.05) is 37.1 Å². The number of hydrogen-bond donors (Lipinski definition) is 0. The summed E-state index contributed by atoms with van der Waals surface area (Å²) in [6.07, 6.45) is 3.40. The van der Waals surface area contributed by atoms with Crippen molar-refractivity contribution in [3.8, 4) is 0 Å². The number of hydrogen-bond acceptors (Lipinski definition) is 4. The van der Waals surface area contributed by atoms with Gasteiger partial charge in [0.25, 0.3) is 0 Å². The largest absolute Gasteiger partial charge is 0.326 e. The lowest BCUT2D eigenvalue weighted by atomic mass is 10.2. The second kappa shape index (κ2) is 6.83. The molecule has 2 atom stereocenters. The van der Waals surface area contributed by atoms with E-state index in [0.717, 1.165) is 30.0 Å². The molecule has 2 unspecified atom stereocenters. The quantitative estimate of drug-likeness (QED) is 0.703. The molecule has 1 aromatic carbocycles. The third-order valence-corrected chi connectivity index (χ3v) is 5.31. The normalized spacial score (nSPS) is 19.5. The van der Waals surface area contributed by atoms with Gasteiger partial charge in [-0.25, -0.2) is 4.98 Å². The predicted octanol–water partition coefficient (Wildman–Crippen LogP) is 4.90. The Hall–Kier alpha value is -1.68. The van der Waals surface area contributed by atoms with Gasteiger partial charge >= 0.3 is 0 Å². The highest BCUT2D eigenvalue weighted by molar-refractivity contribution is 7.99. The average Bonchev–Trinajstić information content (AvgIpc) is 3.27. The molecule has 0 radical (unpaired) electrons. The van der Waals surface area contributed by atoms with E-state index in [9.17, 15) is 0 Å². The van der Waals surface area contributed by atoms with Gasteiger partial charge in [-0.2, -0.15) is 0 Å². The highest BCUT2D eigenvalue weighted by Gasteiger charge is 2.34. The molecule has 2 aromatic rings. The first kappa shape index (κ1) is 16.2. The van der Waals surface area contributed by atoms with Crippen molar-refractivity contribution in [2.45, 2.75) is 20.3 Å². The van der Waals surface area contributed by atoms with E-state index in [1.807, 2.05) is 0 Å². The summed E-state index contributed by atoms with van der Waals surface area (Å²) < 4.78 is 2.11. The minimum absolute atomic E-state index is 0.777. The van der Waals surface area contributed by atoms with Gasteiger partial charge < -0.3 is 9.21 Å². The van der Waals surface area contributed by atoms with E-state index in [4.69, 9.17) is 4.98 Å². The Bertz CT molecular complexity index is 659. The minimum Gasteiger partial charge on any atom is -0.326 e. The molecule has 1 aromatic heterocycles. The maximum absolute atomic E-state index is 4.92. The molecule has 1 saturated carbocycles. The zero-order valence-electron chi connectivity index (χ0n) is 14.4. The number of aromatic nitrogens is 1. The van der Waals surface area contributed by atoms with E-state index in [1.54, 1.807) is 11.9 Å². The van der Waals surface area contributed by atoms with Crippen molar-refractivity contribution in [2.75, 3.05) is 29.1 Å². The standard InChI is InChI=1S/C19H25N3S/c1-14-10-18(21(3)23-4)20-19(11-14)22(13-16-12-15(16)2)17-8-6-5-7-9-17/h5-11,15-16H,12-13H2,1-4H3. The summed E-state index contributed by atoms with van der Waals surface area (Å²) in [6, 6.07) is 15.0. The van der Waals surface area contributed by atoms with Crippen LogP contribution in [-0.4, -0.2) is 24.8 Å². The molecule has 1 aliphatic carbocycles. The second-order valence-corrected chi connectivity index (χ2v) is 7.37. The average molecular weight is 327 g/mol. The first-order valence-corrected chi connectivity index (χ1v) is 9.35. The van der Waals surface area contributed by atoms with Gasteiger partial charge in [0.15, 0.2) is 0 Å². The van der Waals surface area contributed by atoms with Crippen LogP contribution in [0.15, 0.2) is 42.5 Å². The van der Waals surface area contributed by atoms with E-state index in [1.165, 1.54) is 17.7 Å². The SMILES string of the molecule is CSN(C)c1cc(C)cc(N(CC2CC2C)c2ccccc2)n1. The molecule has 0 spiro atoms. The van der Waals surface area contributed by atoms with Crippen molar-refractivity contribution in [1.29, 1.82) is 0 Å². The first-order chi connectivity index (χ1) is 11.1. The molecule has 0 N–H and O–H groups in total.